The highest BCUT2D eigenvalue weighted by Gasteiger charge is 2.35. The summed E-state index contributed by atoms with van der Waals surface area (Å²) >= 11 is 0. The van der Waals surface area contributed by atoms with Crippen molar-refractivity contribution in [2.24, 2.45) is 5.41 Å². The van der Waals surface area contributed by atoms with Crippen molar-refractivity contribution in [3.8, 4) is 0 Å². The van der Waals surface area contributed by atoms with E-state index in [2.05, 4.69) is 19.2 Å². The van der Waals surface area contributed by atoms with Gasteiger partial charge in [0.2, 0.25) is 0 Å². The van der Waals surface area contributed by atoms with Gasteiger partial charge >= 0.3 is 0 Å². The zero-order chi connectivity index (χ0) is 11.1. The Hall–Kier alpha value is -0.960. The lowest BCUT2D eigenvalue weighted by Gasteiger charge is -2.26. The molecular formula is C12H15F2N. The Bertz CT molecular complexity index is 374. The predicted molar refractivity (Wildman–Crippen MR) is 55.7 cm³/mol. The van der Waals surface area contributed by atoms with E-state index in [1.165, 1.54) is 12.1 Å². The van der Waals surface area contributed by atoms with E-state index < -0.39 is 11.6 Å². The summed E-state index contributed by atoms with van der Waals surface area (Å²) in [6.07, 6.45) is 0. The van der Waals surface area contributed by atoms with Crippen molar-refractivity contribution >= 4 is 0 Å². The average molecular weight is 211 g/mol. The van der Waals surface area contributed by atoms with Crippen LogP contribution in [0.1, 0.15) is 25.3 Å². The zero-order valence-corrected chi connectivity index (χ0v) is 8.98. The van der Waals surface area contributed by atoms with Gasteiger partial charge in [-0.1, -0.05) is 19.9 Å². The Morgan fingerprint density at radius 3 is 2.53 bits per heavy atom. The van der Waals surface area contributed by atoms with E-state index in [9.17, 15) is 8.78 Å². The molecule has 1 aromatic carbocycles. The number of nitrogens with one attached hydrogen (secondary N) is 1. The van der Waals surface area contributed by atoms with Gasteiger partial charge < -0.3 is 5.32 Å². The molecule has 1 aromatic rings. The maximum absolute atomic E-state index is 13.1. The van der Waals surface area contributed by atoms with Gasteiger partial charge in [0.25, 0.3) is 0 Å². The molecular weight excluding hydrogens is 196 g/mol. The summed E-state index contributed by atoms with van der Waals surface area (Å²) in [7, 11) is 0. The maximum Gasteiger partial charge on any atom is 0.159 e. The van der Waals surface area contributed by atoms with Crippen LogP contribution in [0.4, 0.5) is 8.78 Å². The summed E-state index contributed by atoms with van der Waals surface area (Å²) in [5, 5.41) is 3.28. The Morgan fingerprint density at radius 2 is 2.00 bits per heavy atom. The second-order valence-electron chi connectivity index (χ2n) is 4.85. The lowest BCUT2D eigenvalue weighted by atomic mass is 9.78. The summed E-state index contributed by atoms with van der Waals surface area (Å²) in [6, 6.07) is 4.20. The summed E-state index contributed by atoms with van der Waals surface area (Å²) < 4.78 is 25.9. The fraction of sp³-hybridized carbons (Fsp3) is 0.500. The van der Waals surface area contributed by atoms with Crippen LogP contribution in [0.3, 0.4) is 0 Å². The highest BCUT2D eigenvalue weighted by Crippen LogP contribution is 2.38. The molecule has 15 heavy (non-hydrogen) atoms. The molecule has 0 unspecified atom stereocenters. The van der Waals surface area contributed by atoms with Gasteiger partial charge in [0.05, 0.1) is 0 Å². The average Bonchev–Trinajstić information content (AvgIpc) is 2.50. The van der Waals surface area contributed by atoms with E-state index in [0.717, 1.165) is 18.7 Å². The van der Waals surface area contributed by atoms with Crippen molar-refractivity contribution in [1.82, 2.24) is 5.32 Å². The quantitative estimate of drug-likeness (QED) is 0.753. The lowest BCUT2D eigenvalue weighted by molar-refractivity contribution is 0.361. The highest BCUT2D eigenvalue weighted by atomic mass is 19.2. The molecule has 0 aromatic heterocycles. The van der Waals surface area contributed by atoms with Crippen molar-refractivity contribution in [2.75, 3.05) is 13.1 Å². The minimum absolute atomic E-state index is 0.101. The number of hydrogen-bond acceptors (Lipinski definition) is 1. The summed E-state index contributed by atoms with van der Waals surface area (Å²) in [6.45, 7) is 6.02. The molecule has 0 radical (unpaired) electrons. The Balaban J connectivity index is 2.33. The van der Waals surface area contributed by atoms with Crippen LogP contribution in [0.2, 0.25) is 0 Å². The fourth-order valence-corrected chi connectivity index (χ4v) is 2.24. The molecule has 0 aliphatic carbocycles. The van der Waals surface area contributed by atoms with Gasteiger partial charge in [0.1, 0.15) is 0 Å². The predicted octanol–water partition coefficient (Wildman–Crippen LogP) is 2.68. The molecule has 1 aliphatic heterocycles. The number of benzene rings is 1. The van der Waals surface area contributed by atoms with Crippen LogP contribution in [0.5, 0.6) is 0 Å². The summed E-state index contributed by atoms with van der Waals surface area (Å²) in [5.41, 5.74) is 0.980. The number of hydrogen-bond donors (Lipinski definition) is 1. The van der Waals surface area contributed by atoms with Gasteiger partial charge in [-0.3, -0.25) is 0 Å². The van der Waals surface area contributed by atoms with Crippen LogP contribution in [0, 0.1) is 17.0 Å². The molecule has 0 spiro atoms. The lowest BCUT2D eigenvalue weighted by Crippen LogP contribution is -2.20. The summed E-state index contributed by atoms with van der Waals surface area (Å²) in [5.74, 6) is -1.27. The molecule has 1 nitrogen and oxygen atoms in total. The van der Waals surface area contributed by atoms with Crippen molar-refractivity contribution in [2.45, 2.75) is 19.8 Å². The van der Waals surface area contributed by atoms with Crippen molar-refractivity contribution < 1.29 is 8.78 Å². The fourth-order valence-electron chi connectivity index (χ4n) is 2.24. The second kappa shape index (κ2) is 3.56. The first kappa shape index (κ1) is 10.6. The van der Waals surface area contributed by atoms with Crippen LogP contribution >= 0.6 is 0 Å². The summed E-state index contributed by atoms with van der Waals surface area (Å²) in [4.78, 5) is 0. The van der Waals surface area contributed by atoms with Crippen LogP contribution in [0.25, 0.3) is 0 Å². The first-order chi connectivity index (χ1) is 7.00. The molecule has 0 amide bonds. The van der Waals surface area contributed by atoms with Gasteiger partial charge in [-0.25, -0.2) is 8.78 Å². The van der Waals surface area contributed by atoms with Gasteiger partial charge in [-0.2, -0.15) is 0 Å². The van der Waals surface area contributed by atoms with Gasteiger partial charge in [-0.15, -0.1) is 0 Å². The zero-order valence-electron chi connectivity index (χ0n) is 8.98. The molecule has 82 valence electrons. The van der Waals surface area contributed by atoms with Crippen LogP contribution < -0.4 is 5.32 Å². The van der Waals surface area contributed by atoms with E-state index in [1.807, 2.05) is 0 Å². The first-order valence-corrected chi connectivity index (χ1v) is 5.16. The molecule has 3 heteroatoms. The second-order valence-corrected chi connectivity index (χ2v) is 4.85. The number of rotatable bonds is 1. The normalized spacial score (nSPS) is 24.4. The standard InChI is InChI=1S/C12H15F2N/c1-12(2)7-15-6-9(12)8-3-4-10(13)11(14)5-8/h3-5,9,15H,6-7H2,1-2H3/t9-/m0/s1. The third-order valence-corrected chi connectivity index (χ3v) is 3.22. The molecule has 1 saturated heterocycles. The largest absolute Gasteiger partial charge is 0.316 e. The van der Waals surface area contributed by atoms with E-state index in [4.69, 9.17) is 0 Å². The Labute approximate surface area is 88.5 Å². The van der Waals surface area contributed by atoms with Crippen molar-refractivity contribution in [3.05, 3.63) is 35.4 Å². The smallest absolute Gasteiger partial charge is 0.159 e. The van der Waals surface area contributed by atoms with Crippen molar-refractivity contribution in [1.29, 1.82) is 0 Å². The molecule has 2 rings (SSSR count). The maximum atomic E-state index is 13.1. The van der Waals surface area contributed by atoms with Gasteiger partial charge in [0, 0.05) is 19.0 Å². The minimum atomic E-state index is -0.775. The van der Waals surface area contributed by atoms with E-state index in [1.54, 1.807) is 6.07 Å². The molecule has 1 heterocycles. The SMILES string of the molecule is CC1(C)CNC[C@H]1c1ccc(F)c(F)c1. The van der Waals surface area contributed by atoms with Gasteiger partial charge in [-0.05, 0) is 23.1 Å². The molecule has 0 bridgehead atoms. The van der Waals surface area contributed by atoms with Crippen LogP contribution in [-0.2, 0) is 0 Å². The minimum Gasteiger partial charge on any atom is -0.316 e. The van der Waals surface area contributed by atoms with Gasteiger partial charge in [0.15, 0.2) is 11.6 Å². The third kappa shape index (κ3) is 1.88. The van der Waals surface area contributed by atoms with Crippen molar-refractivity contribution in [3.63, 3.8) is 0 Å². The van der Waals surface area contributed by atoms with Crippen LogP contribution in [-0.4, -0.2) is 13.1 Å². The molecule has 1 atom stereocenters. The number of halogens is 2. The molecule has 1 N–H and O–H groups in total. The topological polar surface area (TPSA) is 12.0 Å². The molecule has 0 saturated carbocycles. The monoisotopic (exact) mass is 211 g/mol. The third-order valence-electron chi connectivity index (χ3n) is 3.22. The molecule has 1 fully saturated rings. The van der Waals surface area contributed by atoms with E-state index in [0.29, 0.717) is 0 Å². The molecule has 1 aliphatic rings. The van der Waals surface area contributed by atoms with Crippen LogP contribution in [0.15, 0.2) is 18.2 Å². The Morgan fingerprint density at radius 1 is 1.27 bits per heavy atom. The Kier molecular flexibility index (Phi) is 2.51. The highest BCUT2D eigenvalue weighted by molar-refractivity contribution is 5.25. The van der Waals surface area contributed by atoms with E-state index >= 15 is 0 Å². The first-order valence-electron chi connectivity index (χ1n) is 5.16. The van der Waals surface area contributed by atoms with E-state index in [-0.39, 0.29) is 11.3 Å².